The second kappa shape index (κ2) is 15.0. The molecule has 0 heterocycles. The maximum Gasteiger partial charge on any atom is 0.243 e. The van der Waals surface area contributed by atoms with Crippen molar-refractivity contribution >= 4 is 23.4 Å². The van der Waals surface area contributed by atoms with Crippen molar-refractivity contribution in [2.45, 2.75) is 31.8 Å². The van der Waals surface area contributed by atoms with E-state index in [1.54, 1.807) is 55.5 Å². The van der Waals surface area contributed by atoms with E-state index >= 15 is 0 Å². The number of carbonyl (C=O) groups is 2. The molecule has 0 fully saturated rings. The van der Waals surface area contributed by atoms with Gasteiger partial charge in [0, 0.05) is 24.5 Å². The summed E-state index contributed by atoms with van der Waals surface area (Å²) >= 11 is 6.05. The van der Waals surface area contributed by atoms with Gasteiger partial charge in [-0.15, -0.1) is 0 Å². The fraction of sp³-hybridized carbons (Fsp3) is 0.235. The first-order valence-electron chi connectivity index (χ1n) is 13.7. The second-order valence-corrected chi connectivity index (χ2v) is 10.3. The summed E-state index contributed by atoms with van der Waals surface area (Å²) in [6.07, 6.45) is 0.958. The van der Waals surface area contributed by atoms with Crippen molar-refractivity contribution in [2.24, 2.45) is 0 Å². The van der Waals surface area contributed by atoms with Gasteiger partial charge in [-0.25, -0.2) is 4.39 Å². The van der Waals surface area contributed by atoms with Crippen LogP contribution in [0.3, 0.4) is 0 Å². The smallest absolute Gasteiger partial charge is 0.243 e. The normalized spacial score (nSPS) is 11.4. The number of methoxy groups -OCH3 is 2. The highest BCUT2D eigenvalue weighted by Gasteiger charge is 2.30. The van der Waals surface area contributed by atoms with Crippen LogP contribution in [-0.4, -0.2) is 43.5 Å². The lowest BCUT2D eigenvalue weighted by Gasteiger charge is -2.32. The van der Waals surface area contributed by atoms with Gasteiger partial charge in [0.1, 0.15) is 11.9 Å². The van der Waals surface area contributed by atoms with Gasteiger partial charge in [-0.3, -0.25) is 9.59 Å². The van der Waals surface area contributed by atoms with Crippen molar-refractivity contribution in [3.63, 3.8) is 0 Å². The van der Waals surface area contributed by atoms with Crippen molar-refractivity contribution in [1.29, 1.82) is 0 Å². The number of nitrogens with one attached hydrogen (secondary N) is 1. The Morgan fingerprint density at radius 3 is 2.12 bits per heavy atom. The van der Waals surface area contributed by atoms with E-state index in [9.17, 15) is 14.0 Å². The van der Waals surface area contributed by atoms with Crippen molar-refractivity contribution in [3.8, 4) is 11.5 Å². The number of amides is 2. The van der Waals surface area contributed by atoms with E-state index in [0.29, 0.717) is 35.9 Å². The summed E-state index contributed by atoms with van der Waals surface area (Å²) in [5, 5.41) is 3.61. The molecule has 2 amide bonds. The standard InChI is InChI=1S/C34H34ClFN2O4/c1-41-31-17-12-26(21-32(31)42-2)18-19-37-34(40)30(20-24-6-4-3-5-7-24)38(23-27-10-15-29(36)16-11-27)33(39)22-25-8-13-28(35)14-9-25/h3-17,21,30H,18-20,22-23H2,1-2H3,(H,37,40)/t30-/m1/s1. The van der Waals surface area contributed by atoms with Crippen LogP contribution in [0.2, 0.25) is 5.02 Å². The van der Waals surface area contributed by atoms with Gasteiger partial charge < -0.3 is 19.7 Å². The molecule has 4 rings (SSSR count). The SMILES string of the molecule is COc1ccc(CCNC(=O)[C@@H](Cc2ccccc2)N(Cc2ccc(F)cc2)C(=O)Cc2ccc(Cl)cc2)cc1OC. The molecule has 0 saturated carbocycles. The second-order valence-electron chi connectivity index (χ2n) is 9.89. The van der Waals surface area contributed by atoms with E-state index in [1.165, 1.54) is 12.1 Å². The highest BCUT2D eigenvalue weighted by atomic mass is 35.5. The predicted octanol–water partition coefficient (Wildman–Crippen LogP) is 6.04. The Kier molecular flexibility index (Phi) is 11.0. The van der Waals surface area contributed by atoms with E-state index in [0.717, 1.165) is 22.3 Å². The van der Waals surface area contributed by atoms with Crippen LogP contribution >= 0.6 is 11.6 Å². The van der Waals surface area contributed by atoms with Crippen LogP contribution < -0.4 is 14.8 Å². The zero-order valence-corrected chi connectivity index (χ0v) is 24.4. The average Bonchev–Trinajstić information content (AvgIpc) is 3.01. The molecule has 0 spiro atoms. The van der Waals surface area contributed by atoms with Crippen LogP contribution in [0.15, 0.2) is 97.1 Å². The Morgan fingerprint density at radius 1 is 0.810 bits per heavy atom. The molecule has 0 aromatic heterocycles. The quantitative estimate of drug-likeness (QED) is 0.207. The first kappa shape index (κ1) is 30.6. The maximum absolute atomic E-state index is 13.8. The van der Waals surface area contributed by atoms with E-state index in [-0.39, 0.29) is 30.6 Å². The van der Waals surface area contributed by atoms with Gasteiger partial charge in [-0.05, 0) is 65.1 Å². The number of ether oxygens (including phenoxy) is 2. The Hall–Kier alpha value is -4.36. The molecule has 0 aliphatic carbocycles. The summed E-state index contributed by atoms with van der Waals surface area (Å²) in [7, 11) is 3.16. The van der Waals surface area contributed by atoms with Crippen molar-refractivity contribution in [2.75, 3.05) is 20.8 Å². The summed E-state index contributed by atoms with van der Waals surface area (Å²) < 4.78 is 24.4. The Bertz CT molecular complexity index is 1460. The molecule has 0 bridgehead atoms. The zero-order chi connectivity index (χ0) is 29.9. The van der Waals surface area contributed by atoms with Gasteiger partial charge in [0.2, 0.25) is 11.8 Å². The fourth-order valence-corrected chi connectivity index (χ4v) is 4.83. The van der Waals surface area contributed by atoms with Crippen molar-refractivity contribution < 1.29 is 23.5 Å². The third-order valence-electron chi connectivity index (χ3n) is 6.97. The highest BCUT2D eigenvalue weighted by Crippen LogP contribution is 2.27. The highest BCUT2D eigenvalue weighted by molar-refractivity contribution is 6.30. The number of halogens is 2. The molecular weight excluding hydrogens is 555 g/mol. The molecule has 8 heteroatoms. The molecule has 42 heavy (non-hydrogen) atoms. The maximum atomic E-state index is 13.8. The van der Waals surface area contributed by atoms with Crippen LogP contribution in [0.1, 0.15) is 22.3 Å². The molecule has 0 radical (unpaired) electrons. The largest absolute Gasteiger partial charge is 0.493 e. The molecule has 1 atom stereocenters. The lowest BCUT2D eigenvalue weighted by molar-refractivity contribution is -0.140. The third kappa shape index (κ3) is 8.57. The summed E-state index contributed by atoms with van der Waals surface area (Å²) in [5.41, 5.74) is 3.38. The minimum Gasteiger partial charge on any atom is -0.493 e. The minimum atomic E-state index is -0.803. The van der Waals surface area contributed by atoms with Gasteiger partial charge in [0.25, 0.3) is 0 Å². The fourth-order valence-electron chi connectivity index (χ4n) is 4.70. The van der Waals surface area contributed by atoms with E-state index < -0.39 is 6.04 Å². The Morgan fingerprint density at radius 2 is 1.45 bits per heavy atom. The number of hydrogen-bond acceptors (Lipinski definition) is 4. The van der Waals surface area contributed by atoms with Gasteiger partial charge in [0.05, 0.1) is 20.6 Å². The zero-order valence-electron chi connectivity index (χ0n) is 23.7. The van der Waals surface area contributed by atoms with E-state index in [1.807, 2.05) is 48.5 Å². The van der Waals surface area contributed by atoms with Crippen LogP contribution in [0, 0.1) is 5.82 Å². The monoisotopic (exact) mass is 588 g/mol. The molecule has 4 aromatic carbocycles. The van der Waals surface area contributed by atoms with Gasteiger partial charge in [-0.2, -0.15) is 0 Å². The van der Waals surface area contributed by atoms with Gasteiger partial charge >= 0.3 is 0 Å². The molecule has 218 valence electrons. The van der Waals surface area contributed by atoms with Crippen molar-refractivity contribution in [1.82, 2.24) is 10.2 Å². The first-order valence-corrected chi connectivity index (χ1v) is 14.0. The topological polar surface area (TPSA) is 67.9 Å². The predicted molar refractivity (Wildman–Crippen MR) is 162 cm³/mol. The summed E-state index contributed by atoms with van der Waals surface area (Å²) in [6, 6.07) is 27.4. The lowest BCUT2D eigenvalue weighted by Crippen LogP contribution is -2.51. The first-order chi connectivity index (χ1) is 20.4. The van der Waals surface area contributed by atoms with Crippen LogP contribution in [0.4, 0.5) is 4.39 Å². The Balaban J connectivity index is 1.58. The summed E-state index contributed by atoms with van der Waals surface area (Å²) in [4.78, 5) is 29.2. The van der Waals surface area contributed by atoms with Gasteiger partial charge in [0.15, 0.2) is 11.5 Å². The van der Waals surface area contributed by atoms with Crippen LogP contribution in [0.5, 0.6) is 11.5 Å². The van der Waals surface area contributed by atoms with Crippen LogP contribution in [0.25, 0.3) is 0 Å². The number of benzene rings is 4. The molecule has 0 aliphatic heterocycles. The molecule has 1 N–H and O–H groups in total. The lowest BCUT2D eigenvalue weighted by atomic mass is 10.0. The van der Waals surface area contributed by atoms with Crippen LogP contribution in [-0.2, 0) is 35.4 Å². The molecule has 0 unspecified atom stereocenters. The number of rotatable bonds is 13. The third-order valence-corrected chi connectivity index (χ3v) is 7.22. The molecule has 0 saturated heterocycles. The molecular formula is C34H34ClFN2O4. The Labute approximate surface area is 251 Å². The number of carbonyl (C=O) groups excluding carboxylic acids is 2. The molecule has 4 aromatic rings. The summed E-state index contributed by atoms with van der Waals surface area (Å²) in [5.74, 6) is 0.375. The summed E-state index contributed by atoms with van der Waals surface area (Å²) in [6.45, 7) is 0.503. The number of nitrogens with zero attached hydrogens (tertiary/aromatic N) is 1. The minimum absolute atomic E-state index is 0.0859. The average molecular weight is 589 g/mol. The van der Waals surface area contributed by atoms with E-state index in [4.69, 9.17) is 21.1 Å². The van der Waals surface area contributed by atoms with Crippen molar-refractivity contribution in [3.05, 3.63) is 130 Å². The van der Waals surface area contributed by atoms with E-state index in [2.05, 4.69) is 5.32 Å². The molecule has 0 aliphatic rings. The van der Waals surface area contributed by atoms with Gasteiger partial charge in [-0.1, -0.05) is 72.3 Å². The molecule has 6 nitrogen and oxygen atoms in total. The number of hydrogen-bond donors (Lipinski definition) is 1.